The van der Waals surface area contributed by atoms with Gasteiger partial charge in [0.05, 0.1) is 16.4 Å². The highest BCUT2D eigenvalue weighted by Gasteiger charge is 2.26. The third-order valence-corrected chi connectivity index (χ3v) is 4.64. The lowest BCUT2D eigenvalue weighted by atomic mass is 10.1. The standard InChI is InChI=1S/C13H17NO6S/c1-2-3-4-8-21(19,20)9-10-6-5-7-11(14(17)18)12(10)13(15)16/h5-7H,2-4,8-9H2,1H3,(H,15,16). The molecule has 8 heteroatoms. The fourth-order valence-corrected chi connectivity index (χ4v) is 3.49. The lowest BCUT2D eigenvalue weighted by Crippen LogP contribution is -2.14. The molecule has 0 heterocycles. The molecule has 0 amide bonds. The maximum atomic E-state index is 12.0. The molecule has 1 aromatic rings. The van der Waals surface area contributed by atoms with Gasteiger partial charge in [0.25, 0.3) is 5.69 Å². The first-order valence-corrected chi connectivity index (χ1v) is 8.30. The van der Waals surface area contributed by atoms with Crippen molar-refractivity contribution in [3.63, 3.8) is 0 Å². The van der Waals surface area contributed by atoms with Gasteiger partial charge in [0.2, 0.25) is 0 Å². The van der Waals surface area contributed by atoms with Gasteiger partial charge in [-0.1, -0.05) is 31.9 Å². The first-order valence-electron chi connectivity index (χ1n) is 6.48. The molecule has 1 N–H and O–H groups in total. The van der Waals surface area contributed by atoms with Crippen molar-refractivity contribution in [2.45, 2.75) is 31.9 Å². The van der Waals surface area contributed by atoms with E-state index < -0.39 is 37.7 Å². The number of rotatable bonds is 8. The summed E-state index contributed by atoms with van der Waals surface area (Å²) in [5, 5.41) is 20.0. The number of nitrogens with zero attached hydrogens (tertiary/aromatic N) is 1. The van der Waals surface area contributed by atoms with Crippen LogP contribution in [0.3, 0.4) is 0 Å². The Kier molecular flexibility index (Phi) is 5.83. The molecule has 21 heavy (non-hydrogen) atoms. The fourth-order valence-electron chi connectivity index (χ4n) is 1.99. The Labute approximate surface area is 122 Å². The average Bonchev–Trinajstić information content (AvgIpc) is 2.37. The second-order valence-electron chi connectivity index (χ2n) is 4.67. The molecule has 0 aliphatic carbocycles. The van der Waals surface area contributed by atoms with Crippen LogP contribution in [0.4, 0.5) is 5.69 Å². The van der Waals surface area contributed by atoms with Crippen LogP contribution in [-0.2, 0) is 15.6 Å². The quantitative estimate of drug-likeness (QED) is 0.447. The SMILES string of the molecule is CCCCCS(=O)(=O)Cc1cccc([N+](=O)[O-])c1C(=O)O. The molecule has 0 aromatic heterocycles. The van der Waals surface area contributed by atoms with Crippen LogP contribution in [0.15, 0.2) is 18.2 Å². The molecule has 0 radical (unpaired) electrons. The van der Waals surface area contributed by atoms with Crippen LogP contribution in [0.5, 0.6) is 0 Å². The van der Waals surface area contributed by atoms with Gasteiger partial charge in [-0.25, -0.2) is 13.2 Å². The van der Waals surface area contributed by atoms with Crippen LogP contribution in [0, 0.1) is 10.1 Å². The first kappa shape index (κ1) is 17.1. The number of carboxylic acid groups (broad SMARTS) is 1. The van der Waals surface area contributed by atoms with Crippen molar-refractivity contribution in [1.29, 1.82) is 0 Å². The number of hydrogen-bond acceptors (Lipinski definition) is 5. The predicted octanol–water partition coefficient (Wildman–Crippen LogP) is 2.40. The lowest BCUT2D eigenvalue weighted by molar-refractivity contribution is -0.385. The van der Waals surface area contributed by atoms with E-state index in [1.54, 1.807) is 0 Å². The number of nitro groups is 1. The molecule has 1 rings (SSSR count). The van der Waals surface area contributed by atoms with Crippen molar-refractivity contribution in [3.05, 3.63) is 39.4 Å². The molecule has 0 unspecified atom stereocenters. The van der Waals surface area contributed by atoms with E-state index >= 15 is 0 Å². The van der Waals surface area contributed by atoms with E-state index in [1.807, 2.05) is 6.92 Å². The van der Waals surface area contributed by atoms with E-state index in [4.69, 9.17) is 5.11 Å². The van der Waals surface area contributed by atoms with Gasteiger partial charge < -0.3 is 5.11 Å². The van der Waals surface area contributed by atoms with E-state index in [-0.39, 0.29) is 11.3 Å². The number of sulfone groups is 1. The van der Waals surface area contributed by atoms with Gasteiger partial charge in [0.1, 0.15) is 5.56 Å². The summed E-state index contributed by atoms with van der Waals surface area (Å²) in [6.07, 6.45) is 2.13. The van der Waals surface area contributed by atoms with Gasteiger partial charge in [-0.3, -0.25) is 10.1 Å². The molecular formula is C13H17NO6S. The molecule has 0 aliphatic heterocycles. The topological polar surface area (TPSA) is 115 Å². The van der Waals surface area contributed by atoms with Crippen LogP contribution < -0.4 is 0 Å². The third kappa shape index (κ3) is 4.82. The number of carbonyl (C=O) groups is 1. The average molecular weight is 315 g/mol. The largest absolute Gasteiger partial charge is 0.477 e. The third-order valence-electron chi connectivity index (χ3n) is 2.97. The first-order chi connectivity index (χ1) is 9.78. The van der Waals surface area contributed by atoms with Crippen molar-refractivity contribution in [2.75, 3.05) is 5.75 Å². The van der Waals surface area contributed by atoms with E-state index in [0.717, 1.165) is 18.9 Å². The van der Waals surface area contributed by atoms with Crippen LogP contribution >= 0.6 is 0 Å². The van der Waals surface area contributed by atoms with Crippen LogP contribution in [0.25, 0.3) is 0 Å². The van der Waals surface area contributed by atoms with Crippen molar-refractivity contribution in [1.82, 2.24) is 0 Å². The molecule has 0 bridgehead atoms. The minimum absolute atomic E-state index is 0.0480. The molecule has 1 aromatic carbocycles. The number of hydrogen-bond donors (Lipinski definition) is 1. The van der Waals surface area contributed by atoms with Gasteiger partial charge in [-0.05, 0) is 12.0 Å². The summed E-state index contributed by atoms with van der Waals surface area (Å²) in [5.41, 5.74) is -1.20. The summed E-state index contributed by atoms with van der Waals surface area (Å²) in [6, 6.07) is 3.64. The van der Waals surface area contributed by atoms with Gasteiger partial charge in [0.15, 0.2) is 9.84 Å². The van der Waals surface area contributed by atoms with E-state index in [0.29, 0.717) is 6.42 Å². The predicted molar refractivity (Wildman–Crippen MR) is 77.1 cm³/mol. The van der Waals surface area contributed by atoms with Gasteiger partial charge in [0, 0.05) is 6.07 Å². The number of unbranched alkanes of at least 4 members (excludes halogenated alkanes) is 2. The molecule has 0 saturated carbocycles. The minimum Gasteiger partial charge on any atom is -0.477 e. The highest BCUT2D eigenvalue weighted by Crippen LogP contribution is 2.24. The number of benzene rings is 1. The zero-order chi connectivity index (χ0) is 16.0. The number of aromatic carboxylic acids is 1. The zero-order valence-electron chi connectivity index (χ0n) is 11.6. The molecule has 0 spiro atoms. The molecule has 0 atom stereocenters. The second kappa shape index (κ2) is 7.16. The van der Waals surface area contributed by atoms with Crippen molar-refractivity contribution >= 4 is 21.5 Å². The fraction of sp³-hybridized carbons (Fsp3) is 0.462. The molecule has 0 saturated heterocycles. The van der Waals surface area contributed by atoms with Crippen LogP contribution in [0.2, 0.25) is 0 Å². The Morgan fingerprint density at radius 1 is 1.33 bits per heavy atom. The van der Waals surface area contributed by atoms with Crippen molar-refractivity contribution in [3.8, 4) is 0 Å². The summed E-state index contributed by atoms with van der Waals surface area (Å²) in [6.45, 7) is 1.94. The van der Waals surface area contributed by atoms with Gasteiger partial charge >= 0.3 is 5.97 Å². The molecule has 116 valence electrons. The van der Waals surface area contributed by atoms with E-state index in [2.05, 4.69) is 0 Å². The summed E-state index contributed by atoms with van der Waals surface area (Å²) in [4.78, 5) is 21.2. The highest BCUT2D eigenvalue weighted by atomic mass is 32.2. The maximum absolute atomic E-state index is 12.0. The van der Waals surface area contributed by atoms with Gasteiger partial charge in [-0.15, -0.1) is 0 Å². The van der Waals surface area contributed by atoms with Crippen molar-refractivity contribution in [2.24, 2.45) is 0 Å². The Hall–Kier alpha value is -1.96. The highest BCUT2D eigenvalue weighted by molar-refractivity contribution is 7.90. The molecular weight excluding hydrogens is 298 g/mol. The second-order valence-corrected chi connectivity index (χ2v) is 6.86. The summed E-state index contributed by atoms with van der Waals surface area (Å²) >= 11 is 0. The summed E-state index contributed by atoms with van der Waals surface area (Å²) in [5.74, 6) is -2.05. The lowest BCUT2D eigenvalue weighted by Gasteiger charge is -2.08. The van der Waals surface area contributed by atoms with Crippen LogP contribution in [-0.4, -0.2) is 30.2 Å². The summed E-state index contributed by atoms with van der Waals surface area (Å²) < 4.78 is 23.9. The summed E-state index contributed by atoms with van der Waals surface area (Å²) in [7, 11) is -3.49. The number of carboxylic acids is 1. The maximum Gasteiger partial charge on any atom is 0.343 e. The Morgan fingerprint density at radius 2 is 2.00 bits per heavy atom. The zero-order valence-corrected chi connectivity index (χ0v) is 12.4. The van der Waals surface area contributed by atoms with Crippen LogP contribution in [0.1, 0.15) is 42.1 Å². The smallest absolute Gasteiger partial charge is 0.343 e. The minimum atomic E-state index is -3.49. The molecule has 0 aliphatic rings. The Bertz CT molecular complexity index is 638. The van der Waals surface area contributed by atoms with Gasteiger partial charge in [-0.2, -0.15) is 0 Å². The normalized spacial score (nSPS) is 11.3. The monoisotopic (exact) mass is 315 g/mol. The van der Waals surface area contributed by atoms with E-state index in [1.165, 1.54) is 12.1 Å². The molecule has 0 fully saturated rings. The molecule has 7 nitrogen and oxygen atoms in total. The Balaban J connectivity index is 3.11. The van der Waals surface area contributed by atoms with E-state index in [9.17, 15) is 23.3 Å². The number of nitro benzene ring substituents is 1. The van der Waals surface area contributed by atoms with Crippen molar-refractivity contribution < 1.29 is 23.2 Å². The Morgan fingerprint density at radius 3 is 2.52 bits per heavy atom.